The van der Waals surface area contributed by atoms with Crippen molar-refractivity contribution in [3.05, 3.63) is 117 Å². The zero-order chi connectivity index (χ0) is 32.2. The van der Waals surface area contributed by atoms with Crippen LogP contribution in [0.3, 0.4) is 0 Å². The van der Waals surface area contributed by atoms with Crippen LogP contribution in [0.25, 0.3) is 0 Å². The fourth-order valence-electron chi connectivity index (χ4n) is 5.00. The number of esters is 1. The number of rotatable bonds is 8. The molecule has 0 fully saturated rings. The average molecular weight is 619 g/mol. The molecule has 0 aliphatic carbocycles. The quantitative estimate of drug-likeness (QED) is 0.218. The fourth-order valence-corrected chi connectivity index (χ4v) is 5.00. The number of nitrogens with one attached hydrogen (secondary N) is 1. The maximum Gasteiger partial charge on any atom is 0.416 e. The van der Waals surface area contributed by atoms with Crippen molar-refractivity contribution in [1.82, 2.24) is 10.2 Å². The molecule has 232 valence electrons. The first kappa shape index (κ1) is 32.3. The van der Waals surface area contributed by atoms with Crippen molar-refractivity contribution in [3.8, 4) is 0 Å². The molecule has 6 nitrogen and oxygen atoms in total. The van der Waals surface area contributed by atoms with Crippen LogP contribution in [0.2, 0.25) is 0 Å². The van der Waals surface area contributed by atoms with Gasteiger partial charge in [-0.3, -0.25) is 9.59 Å². The van der Waals surface area contributed by atoms with E-state index in [1.54, 1.807) is 26.0 Å². The number of nitrogens with zero attached hydrogens (tertiary/aromatic N) is 1. The van der Waals surface area contributed by atoms with Gasteiger partial charge in [0.05, 0.1) is 29.9 Å². The molecule has 0 radical (unpaired) electrons. The molecular formula is C32H28F6N2O4. The van der Waals surface area contributed by atoms with E-state index in [4.69, 9.17) is 4.74 Å². The molecule has 0 bridgehead atoms. The normalized spacial score (nSPS) is 15.8. The van der Waals surface area contributed by atoms with Crippen molar-refractivity contribution >= 4 is 17.8 Å². The van der Waals surface area contributed by atoms with E-state index in [0.717, 1.165) is 24.3 Å². The molecule has 1 unspecified atom stereocenters. The maximum absolute atomic E-state index is 13.3. The molecule has 0 spiro atoms. The van der Waals surface area contributed by atoms with E-state index in [9.17, 15) is 40.7 Å². The lowest BCUT2D eigenvalue weighted by atomic mass is 9.83. The summed E-state index contributed by atoms with van der Waals surface area (Å²) in [4.78, 5) is 40.5. The first-order valence-electron chi connectivity index (χ1n) is 13.6. The van der Waals surface area contributed by atoms with Crippen LogP contribution in [0.5, 0.6) is 0 Å². The molecule has 1 heterocycles. The van der Waals surface area contributed by atoms with Crippen molar-refractivity contribution in [2.75, 3.05) is 6.61 Å². The second kappa shape index (κ2) is 12.9. The Bertz CT molecular complexity index is 1580. The van der Waals surface area contributed by atoms with E-state index >= 15 is 0 Å². The predicted molar refractivity (Wildman–Crippen MR) is 148 cm³/mol. The van der Waals surface area contributed by atoms with Crippen molar-refractivity contribution in [3.63, 3.8) is 0 Å². The van der Waals surface area contributed by atoms with Gasteiger partial charge in [-0.25, -0.2) is 4.79 Å². The maximum atomic E-state index is 13.3. The molecule has 0 saturated heterocycles. The summed E-state index contributed by atoms with van der Waals surface area (Å²) in [5, 5.41) is 2.59. The number of hydrogen-bond acceptors (Lipinski definition) is 4. The monoisotopic (exact) mass is 618 g/mol. The third-order valence-corrected chi connectivity index (χ3v) is 7.20. The first-order chi connectivity index (χ1) is 20.7. The third-order valence-electron chi connectivity index (χ3n) is 7.20. The van der Waals surface area contributed by atoms with Gasteiger partial charge in [0.25, 0.3) is 5.91 Å². The van der Waals surface area contributed by atoms with Crippen LogP contribution >= 0.6 is 0 Å². The van der Waals surface area contributed by atoms with Crippen LogP contribution in [0.15, 0.2) is 84.1 Å². The summed E-state index contributed by atoms with van der Waals surface area (Å²) in [6, 6.07) is 15.2. The van der Waals surface area contributed by atoms with Gasteiger partial charge in [0, 0.05) is 30.1 Å². The standard InChI is InChI=1S/C32H28F6N2O4/c1-3-44-30(43)28-19(2)40(27(41)16-26(28)22-10-12-24(13-11-22)31(33,34)35)18-21-7-4-8-23(14-21)29(42)39-17-20-6-5-9-25(15-20)32(36,37)38/h4-15,26H,3,16-18H2,1-2H3,(H,39,42). The minimum Gasteiger partial charge on any atom is -0.463 e. The van der Waals surface area contributed by atoms with Crippen molar-refractivity contribution in [1.29, 1.82) is 0 Å². The molecule has 0 saturated carbocycles. The average Bonchev–Trinajstić information content (AvgIpc) is 2.97. The summed E-state index contributed by atoms with van der Waals surface area (Å²) in [6.07, 6.45) is -9.26. The van der Waals surface area contributed by atoms with Crippen molar-refractivity contribution in [2.24, 2.45) is 0 Å². The van der Waals surface area contributed by atoms with E-state index in [0.29, 0.717) is 11.1 Å². The van der Waals surface area contributed by atoms with Gasteiger partial charge in [-0.05, 0) is 66.9 Å². The third kappa shape index (κ3) is 7.47. The fraction of sp³-hybridized carbons (Fsp3) is 0.281. The lowest BCUT2D eigenvalue weighted by molar-refractivity contribution is -0.140. The Morgan fingerprint density at radius 2 is 1.52 bits per heavy atom. The van der Waals surface area contributed by atoms with E-state index < -0.39 is 41.3 Å². The van der Waals surface area contributed by atoms with Gasteiger partial charge in [0.2, 0.25) is 5.91 Å². The molecule has 1 aliphatic rings. The number of allylic oxidation sites excluding steroid dienone is 1. The summed E-state index contributed by atoms with van der Waals surface area (Å²) in [7, 11) is 0. The Balaban J connectivity index is 1.55. The summed E-state index contributed by atoms with van der Waals surface area (Å²) < 4.78 is 83.5. The first-order valence-corrected chi connectivity index (χ1v) is 13.6. The van der Waals surface area contributed by atoms with Gasteiger partial charge in [0.1, 0.15) is 0 Å². The Morgan fingerprint density at radius 3 is 2.16 bits per heavy atom. The van der Waals surface area contributed by atoms with Crippen LogP contribution in [0, 0.1) is 0 Å². The number of halogens is 6. The largest absolute Gasteiger partial charge is 0.463 e. The van der Waals surface area contributed by atoms with Crippen LogP contribution in [-0.4, -0.2) is 29.3 Å². The highest BCUT2D eigenvalue weighted by Gasteiger charge is 2.38. The lowest BCUT2D eigenvalue weighted by Gasteiger charge is -2.34. The lowest BCUT2D eigenvalue weighted by Crippen LogP contribution is -2.38. The molecule has 1 atom stereocenters. The molecule has 12 heteroatoms. The highest BCUT2D eigenvalue weighted by molar-refractivity contribution is 5.96. The zero-order valence-corrected chi connectivity index (χ0v) is 23.7. The SMILES string of the molecule is CCOC(=O)C1=C(C)N(Cc2cccc(C(=O)NCc3cccc(C(F)(F)F)c3)c2)C(=O)CC1c1ccc(C(F)(F)F)cc1. The Morgan fingerprint density at radius 1 is 0.886 bits per heavy atom. The minimum absolute atomic E-state index is 0.0257. The summed E-state index contributed by atoms with van der Waals surface area (Å²) in [5.74, 6) is -2.46. The van der Waals surface area contributed by atoms with Gasteiger partial charge in [-0.1, -0.05) is 36.4 Å². The van der Waals surface area contributed by atoms with Crippen molar-refractivity contribution in [2.45, 2.75) is 51.6 Å². The number of alkyl halides is 6. The molecule has 44 heavy (non-hydrogen) atoms. The molecule has 3 aromatic carbocycles. The molecule has 1 N–H and O–H groups in total. The number of hydrogen-bond donors (Lipinski definition) is 1. The Kier molecular flexibility index (Phi) is 9.50. The van der Waals surface area contributed by atoms with Gasteiger partial charge in [-0.2, -0.15) is 26.3 Å². The number of benzene rings is 3. The van der Waals surface area contributed by atoms with Crippen LogP contribution in [0.4, 0.5) is 26.3 Å². The van der Waals surface area contributed by atoms with E-state index in [1.807, 2.05) is 0 Å². The Labute approximate surface area is 249 Å². The zero-order valence-electron chi connectivity index (χ0n) is 23.7. The Hall–Kier alpha value is -4.61. The summed E-state index contributed by atoms with van der Waals surface area (Å²) >= 11 is 0. The highest BCUT2D eigenvalue weighted by Crippen LogP contribution is 2.39. The van der Waals surface area contributed by atoms with Gasteiger partial charge in [-0.15, -0.1) is 0 Å². The van der Waals surface area contributed by atoms with E-state index in [2.05, 4.69) is 5.32 Å². The van der Waals surface area contributed by atoms with Crippen LogP contribution in [-0.2, 0) is 39.8 Å². The van der Waals surface area contributed by atoms with Crippen LogP contribution in [0.1, 0.15) is 64.4 Å². The van der Waals surface area contributed by atoms with Gasteiger partial charge < -0.3 is 15.0 Å². The predicted octanol–water partition coefficient (Wildman–Crippen LogP) is 7.01. The number of ether oxygens (including phenoxy) is 1. The molecule has 1 aliphatic heterocycles. The molecule has 4 rings (SSSR count). The van der Waals surface area contributed by atoms with Crippen molar-refractivity contribution < 1.29 is 45.5 Å². The second-order valence-corrected chi connectivity index (χ2v) is 10.2. The van der Waals surface area contributed by atoms with E-state index in [1.165, 1.54) is 41.3 Å². The molecular weight excluding hydrogens is 590 g/mol. The number of carbonyl (C=O) groups excluding carboxylic acids is 3. The topological polar surface area (TPSA) is 75.7 Å². The highest BCUT2D eigenvalue weighted by atomic mass is 19.4. The molecule has 2 amide bonds. The minimum atomic E-state index is -4.54. The van der Waals surface area contributed by atoms with Gasteiger partial charge in [0.15, 0.2) is 0 Å². The van der Waals surface area contributed by atoms with Crippen LogP contribution < -0.4 is 5.32 Å². The smallest absolute Gasteiger partial charge is 0.416 e. The molecule has 0 aromatic heterocycles. The van der Waals surface area contributed by atoms with Gasteiger partial charge >= 0.3 is 18.3 Å². The van der Waals surface area contributed by atoms with E-state index in [-0.39, 0.29) is 54.4 Å². The summed E-state index contributed by atoms with van der Waals surface area (Å²) in [5.41, 5.74) is 0.0660. The number of carbonyl (C=O) groups is 3. The number of amides is 2. The molecule has 3 aromatic rings. The second-order valence-electron chi connectivity index (χ2n) is 10.2. The summed E-state index contributed by atoms with van der Waals surface area (Å²) in [6.45, 7) is 3.03.